The summed E-state index contributed by atoms with van der Waals surface area (Å²) in [5.41, 5.74) is 7.48. The summed E-state index contributed by atoms with van der Waals surface area (Å²) in [6.07, 6.45) is 42.4. The average Bonchev–Trinajstić information content (AvgIpc) is 3.29. The second kappa shape index (κ2) is 25.0. The van der Waals surface area contributed by atoms with Crippen molar-refractivity contribution in [3.05, 3.63) is 143 Å². The summed E-state index contributed by atoms with van der Waals surface area (Å²) in [7, 11) is 0. The minimum atomic E-state index is 0.505. The van der Waals surface area contributed by atoms with Crippen LogP contribution in [0.1, 0.15) is 110 Å². The highest BCUT2D eigenvalue weighted by atomic mass is 15.0. The Labute approximate surface area is 362 Å². The first kappa shape index (κ1) is 43.9. The van der Waals surface area contributed by atoms with Crippen molar-refractivity contribution in [2.75, 3.05) is 39.3 Å². The number of benzene rings is 3. The van der Waals surface area contributed by atoms with Crippen molar-refractivity contribution >= 4 is 36.5 Å². The van der Waals surface area contributed by atoms with Gasteiger partial charge in [-0.25, -0.2) is 0 Å². The highest BCUT2D eigenvalue weighted by Crippen LogP contribution is 2.21. The molecule has 6 nitrogen and oxygen atoms in total. The van der Waals surface area contributed by atoms with Gasteiger partial charge in [-0.3, -0.25) is 0 Å². The van der Waals surface area contributed by atoms with Crippen LogP contribution in [0.2, 0.25) is 0 Å². The summed E-state index contributed by atoms with van der Waals surface area (Å²) in [4.78, 5) is 0. The molecule has 0 radical (unpaired) electrons. The van der Waals surface area contributed by atoms with Crippen LogP contribution in [0.3, 0.4) is 0 Å². The molecule has 4 heterocycles. The van der Waals surface area contributed by atoms with Crippen molar-refractivity contribution in [3.63, 3.8) is 0 Å². The van der Waals surface area contributed by atoms with Gasteiger partial charge in [0.1, 0.15) is 0 Å². The largest absolute Gasteiger partial charge is 0.309 e. The maximum absolute atomic E-state index is 3.84. The molecule has 6 bridgehead atoms. The van der Waals surface area contributed by atoms with E-state index in [0.29, 0.717) is 36.3 Å². The van der Waals surface area contributed by atoms with Crippen LogP contribution in [-0.4, -0.2) is 75.5 Å². The van der Waals surface area contributed by atoms with Crippen LogP contribution in [0.4, 0.5) is 0 Å². The van der Waals surface area contributed by atoms with E-state index in [1.807, 2.05) is 0 Å². The Balaban J connectivity index is 0.953. The molecule has 4 aliphatic heterocycles. The molecule has 0 amide bonds. The van der Waals surface area contributed by atoms with E-state index in [4.69, 9.17) is 0 Å². The van der Waals surface area contributed by atoms with Crippen LogP contribution in [0.15, 0.2) is 109 Å². The molecule has 0 spiro atoms. The minimum absolute atomic E-state index is 0.505. The molecular formula is C54H72N6. The first-order chi connectivity index (χ1) is 29.7. The average molecular weight is 805 g/mol. The zero-order chi connectivity index (χ0) is 40.9. The van der Waals surface area contributed by atoms with E-state index >= 15 is 0 Å². The van der Waals surface area contributed by atoms with Gasteiger partial charge in [0.2, 0.25) is 0 Å². The Morgan fingerprint density at radius 2 is 0.383 bits per heavy atom. The Hall–Kier alpha value is -4.14. The van der Waals surface area contributed by atoms with E-state index in [2.05, 4.69) is 178 Å². The Morgan fingerprint density at radius 1 is 0.233 bits per heavy atom. The molecule has 3 aromatic carbocycles. The molecule has 3 aliphatic carbocycles. The normalized spacial score (nSPS) is 27.0. The van der Waals surface area contributed by atoms with Gasteiger partial charge in [-0.1, -0.05) is 184 Å². The zero-order valence-electron chi connectivity index (χ0n) is 36.0. The summed E-state index contributed by atoms with van der Waals surface area (Å²) in [6.45, 7) is 5.33. The topological polar surface area (TPSA) is 72.2 Å². The van der Waals surface area contributed by atoms with Crippen LogP contribution < -0.4 is 31.9 Å². The predicted octanol–water partition coefficient (Wildman–Crippen LogP) is 9.65. The van der Waals surface area contributed by atoms with E-state index in [-0.39, 0.29) is 0 Å². The molecule has 6 unspecified atom stereocenters. The lowest BCUT2D eigenvalue weighted by Gasteiger charge is -2.32. The predicted molar refractivity (Wildman–Crippen MR) is 260 cm³/mol. The van der Waals surface area contributed by atoms with Crippen LogP contribution in [0, 0.1) is 0 Å². The van der Waals surface area contributed by atoms with Crippen LogP contribution in [0.5, 0.6) is 0 Å². The number of hydrogen-bond donors (Lipinski definition) is 6. The molecule has 3 fully saturated rings. The van der Waals surface area contributed by atoms with Crippen molar-refractivity contribution in [2.45, 2.75) is 113 Å². The van der Waals surface area contributed by atoms with E-state index in [1.165, 1.54) is 110 Å². The van der Waals surface area contributed by atoms with Gasteiger partial charge in [0, 0.05) is 75.5 Å². The summed E-state index contributed by atoms with van der Waals surface area (Å²) in [6, 6.07) is 29.8. The fraction of sp³-hybridized carbons (Fsp3) is 0.444. The van der Waals surface area contributed by atoms with Gasteiger partial charge in [-0.2, -0.15) is 0 Å². The van der Waals surface area contributed by atoms with Crippen LogP contribution in [-0.2, 0) is 0 Å². The van der Waals surface area contributed by atoms with Crippen LogP contribution in [0.25, 0.3) is 36.5 Å². The van der Waals surface area contributed by atoms with E-state index < -0.39 is 0 Å². The molecule has 0 saturated heterocycles. The molecule has 6 heteroatoms. The van der Waals surface area contributed by atoms with E-state index in [1.54, 1.807) is 0 Å². The monoisotopic (exact) mass is 805 g/mol. The molecule has 7 aliphatic rings. The zero-order valence-corrected chi connectivity index (χ0v) is 36.0. The standard InChI is InChI=1S/C54H72N6/c1-2-20-50-49(19-1)55-37-7-13-43-25-27-45(28-26-43)15-9-39-57-51-21-3-4-22-52(51)59-41-11-17-47-33-35-48(36-34-47)18-12-42-60-54-24-6-5-23-53(54)58-40-10-16-46-31-29-44(30-32-46)14-8-38-56-50/h7-18,25-36,49-60H,1-6,19-24,37-42H2. The molecule has 3 aromatic rings. The number of nitrogens with one attached hydrogen (secondary N) is 6. The molecular weight excluding hydrogens is 733 g/mol. The lowest BCUT2D eigenvalue weighted by Crippen LogP contribution is -2.49. The third-order valence-corrected chi connectivity index (χ3v) is 13.0. The minimum Gasteiger partial charge on any atom is -0.309 e. The van der Waals surface area contributed by atoms with Gasteiger partial charge < -0.3 is 31.9 Å². The second-order valence-corrected chi connectivity index (χ2v) is 17.4. The quantitative estimate of drug-likeness (QED) is 0.136. The van der Waals surface area contributed by atoms with Gasteiger partial charge in [0.15, 0.2) is 0 Å². The third kappa shape index (κ3) is 14.8. The molecule has 60 heavy (non-hydrogen) atoms. The fourth-order valence-corrected chi connectivity index (χ4v) is 9.50. The molecule has 6 atom stereocenters. The molecule has 3 saturated carbocycles. The Morgan fingerprint density at radius 3 is 0.533 bits per heavy atom. The van der Waals surface area contributed by atoms with Gasteiger partial charge in [-0.15, -0.1) is 0 Å². The smallest absolute Gasteiger partial charge is 0.0224 e. The highest BCUT2D eigenvalue weighted by Gasteiger charge is 2.25. The van der Waals surface area contributed by atoms with Gasteiger partial charge in [-0.05, 0) is 71.9 Å². The maximum Gasteiger partial charge on any atom is 0.0224 e. The number of fused-ring (bicyclic) bond motifs is 3. The molecule has 318 valence electrons. The molecule has 10 rings (SSSR count). The maximum atomic E-state index is 3.84. The van der Waals surface area contributed by atoms with E-state index in [0.717, 1.165) is 39.3 Å². The lowest BCUT2D eigenvalue weighted by atomic mass is 9.90. The first-order valence-electron chi connectivity index (χ1n) is 23.4. The summed E-state index contributed by atoms with van der Waals surface area (Å²) >= 11 is 0. The summed E-state index contributed by atoms with van der Waals surface area (Å²) in [5.74, 6) is 0. The second-order valence-electron chi connectivity index (χ2n) is 17.4. The Kier molecular flexibility index (Phi) is 18.3. The third-order valence-electron chi connectivity index (χ3n) is 13.0. The van der Waals surface area contributed by atoms with Crippen molar-refractivity contribution < 1.29 is 0 Å². The SMILES string of the molecule is C1=Cc2ccc(cc2)C=CCNC2CCCCC2NCC=Cc2ccc(cc2)C=CCNC2CCCCC2NCC=Cc2ccc(cc2)C=CCNC2CCCCC2NC1. The van der Waals surface area contributed by atoms with Crippen molar-refractivity contribution in [1.82, 2.24) is 31.9 Å². The van der Waals surface area contributed by atoms with Crippen molar-refractivity contribution in [3.8, 4) is 0 Å². The van der Waals surface area contributed by atoms with Gasteiger partial charge in [0.25, 0.3) is 0 Å². The van der Waals surface area contributed by atoms with Crippen LogP contribution >= 0.6 is 0 Å². The Bertz CT molecular complexity index is 1500. The number of rotatable bonds is 0. The fourth-order valence-electron chi connectivity index (χ4n) is 9.50. The number of hydrogen-bond acceptors (Lipinski definition) is 6. The van der Waals surface area contributed by atoms with Gasteiger partial charge in [0.05, 0.1) is 0 Å². The van der Waals surface area contributed by atoms with E-state index in [9.17, 15) is 0 Å². The first-order valence-corrected chi connectivity index (χ1v) is 23.4. The highest BCUT2D eigenvalue weighted by molar-refractivity contribution is 5.58. The lowest BCUT2D eigenvalue weighted by molar-refractivity contribution is 0.297. The summed E-state index contributed by atoms with van der Waals surface area (Å²) < 4.78 is 0. The van der Waals surface area contributed by atoms with Gasteiger partial charge >= 0.3 is 0 Å². The molecule has 6 N–H and O–H groups in total. The van der Waals surface area contributed by atoms with Crippen molar-refractivity contribution in [1.29, 1.82) is 0 Å². The molecule has 0 aromatic heterocycles. The van der Waals surface area contributed by atoms with Crippen molar-refractivity contribution in [2.24, 2.45) is 0 Å². The summed E-state index contributed by atoms with van der Waals surface area (Å²) in [5, 5.41) is 23.0.